The molecule has 0 bridgehead atoms. The lowest BCUT2D eigenvalue weighted by atomic mass is 10.1. The lowest BCUT2D eigenvalue weighted by Crippen LogP contribution is -2.45. The number of aromatic nitrogens is 2. The molecule has 2 aromatic carbocycles. The van der Waals surface area contributed by atoms with Crippen molar-refractivity contribution in [3.05, 3.63) is 65.9 Å². The number of hydrogen-bond acceptors (Lipinski definition) is 6. The van der Waals surface area contributed by atoms with Crippen molar-refractivity contribution < 1.29 is 17.9 Å². The Kier molecular flexibility index (Phi) is 5.77. The summed E-state index contributed by atoms with van der Waals surface area (Å²) in [5.74, 6) is 0.550. The van der Waals surface area contributed by atoms with Crippen molar-refractivity contribution >= 4 is 15.9 Å². The van der Waals surface area contributed by atoms with Crippen LogP contribution in [0.15, 0.2) is 59.5 Å². The largest absolute Gasteiger partial charge is 0.497 e. The van der Waals surface area contributed by atoms with E-state index < -0.39 is 10.0 Å². The van der Waals surface area contributed by atoms with Crippen LogP contribution in [-0.2, 0) is 16.4 Å². The monoisotopic (exact) mass is 441 g/mol. The number of carbonyl (C=O) groups is 1. The van der Waals surface area contributed by atoms with Gasteiger partial charge in [0.05, 0.1) is 24.2 Å². The number of carbonyl (C=O) groups excluding carboxylic acids is 1. The molecule has 3 aromatic rings. The smallest absolute Gasteiger partial charge is 0.269 e. The van der Waals surface area contributed by atoms with Gasteiger partial charge >= 0.3 is 0 Å². The molecule has 1 aliphatic heterocycles. The number of methoxy groups -OCH3 is 1. The third-order valence-corrected chi connectivity index (χ3v) is 6.06. The summed E-state index contributed by atoms with van der Waals surface area (Å²) in [6.07, 6.45) is 0.477. The van der Waals surface area contributed by atoms with Gasteiger partial charge in [0, 0.05) is 12.1 Å². The number of nitrogens with two attached hydrogens (primary N) is 1. The van der Waals surface area contributed by atoms with Crippen molar-refractivity contribution in [1.29, 1.82) is 0 Å². The lowest BCUT2D eigenvalue weighted by Gasteiger charge is -2.25. The molecule has 162 valence electrons. The summed E-state index contributed by atoms with van der Waals surface area (Å²) in [6, 6.07) is 15.8. The number of ether oxygens (including phenoxy) is 1. The van der Waals surface area contributed by atoms with Gasteiger partial charge in [-0.3, -0.25) is 10.1 Å². The average Bonchev–Trinajstić information content (AvgIpc) is 3.22. The van der Waals surface area contributed by atoms with E-state index in [9.17, 15) is 13.2 Å². The number of fused-ring (bicyclic) bond motifs is 1. The van der Waals surface area contributed by atoms with Gasteiger partial charge in [-0.05, 0) is 42.3 Å². The molecule has 0 fully saturated rings. The molecule has 0 saturated carbocycles. The Morgan fingerprint density at radius 2 is 2.00 bits per heavy atom. The standard InChI is InChI=1S/C21H23N5O4S/c1-30-16-4-2-3-15(11-16)18-12-19-21(27)24-13-20(26(19)25-18)23-10-9-14-5-7-17(8-6-14)31(22,28)29/h2-8,11-12,20,23H,9-10,13H2,1H3,(H,24,27)(H2,22,28,29)/t20-/m1/s1. The van der Waals surface area contributed by atoms with E-state index >= 15 is 0 Å². The Hall–Kier alpha value is -3.21. The van der Waals surface area contributed by atoms with Crippen molar-refractivity contribution in [1.82, 2.24) is 20.4 Å². The molecule has 4 N–H and O–H groups in total. The van der Waals surface area contributed by atoms with E-state index in [-0.39, 0.29) is 17.0 Å². The fraction of sp³-hybridized carbons (Fsp3) is 0.238. The highest BCUT2D eigenvalue weighted by Gasteiger charge is 2.27. The van der Waals surface area contributed by atoms with Crippen LogP contribution in [0.1, 0.15) is 22.2 Å². The second kappa shape index (κ2) is 8.50. The number of hydrogen-bond donors (Lipinski definition) is 3. The van der Waals surface area contributed by atoms with Gasteiger partial charge in [0.2, 0.25) is 10.0 Å². The van der Waals surface area contributed by atoms with Crippen molar-refractivity contribution in [2.75, 3.05) is 20.2 Å². The van der Waals surface area contributed by atoms with E-state index in [0.29, 0.717) is 30.9 Å². The van der Waals surface area contributed by atoms with E-state index in [1.54, 1.807) is 30.0 Å². The van der Waals surface area contributed by atoms with Gasteiger partial charge in [0.15, 0.2) is 0 Å². The number of primary sulfonamides is 1. The molecule has 0 radical (unpaired) electrons. The van der Waals surface area contributed by atoms with Gasteiger partial charge < -0.3 is 10.1 Å². The van der Waals surface area contributed by atoms with Crippen LogP contribution in [0.25, 0.3) is 11.3 Å². The summed E-state index contributed by atoms with van der Waals surface area (Å²) in [6.45, 7) is 1.03. The normalized spacial score (nSPS) is 15.9. The summed E-state index contributed by atoms with van der Waals surface area (Å²) < 4.78 is 29.7. The summed E-state index contributed by atoms with van der Waals surface area (Å²) >= 11 is 0. The molecule has 10 heteroatoms. The minimum absolute atomic E-state index is 0.0884. The van der Waals surface area contributed by atoms with E-state index in [1.165, 1.54) is 12.1 Å². The van der Waals surface area contributed by atoms with E-state index in [0.717, 1.165) is 16.9 Å². The van der Waals surface area contributed by atoms with Crippen LogP contribution in [0.5, 0.6) is 5.75 Å². The predicted octanol–water partition coefficient (Wildman–Crippen LogP) is 1.28. The molecule has 1 aromatic heterocycles. The van der Waals surface area contributed by atoms with Gasteiger partial charge in [-0.15, -0.1) is 0 Å². The third-order valence-electron chi connectivity index (χ3n) is 5.13. The fourth-order valence-electron chi connectivity index (χ4n) is 3.48. The maximum atomic E-state index is 12.3. The summed E-state index contributed by atoms with van der Waals surface area (Å²) in [4.78, 5) is 12.4. The Morgan fingerprint density at radius 1 is 1.23 bits per heavy atom. The molecule has 31 heavy (non-hydrogen) atoms. The molecule has 1 aliphatic rings. The number of benzene rings is 2. The number of rotatable bonds is 7. The minimum Gasteiger partial charge on any atom is -0.497 e. The molecule has 0 unspecified atom stereocenters. The first-order valence-corrected chi connectivity index (χ1v) is 11.3. The summed E-state index contributed by atoms with van der Waals surface area (Å²) in [5.41, 5.74) is 3.01. The highest BCUT2D eigenvalue weighted by Crippen LogP contribution is 2.25. The van der Waals surface area contributed by atoms with E-state index in [2.05, 4.69) is 15.7 Å². The SMILES string of the molecule is COc1cccc(-c2cc3n(n2)[C@@H](NCCc2ccc(S(N)(=O)=O)cc2)CNC3=O)c1. The molecule has 0 saturated heterocycles. The Labute approximate surface area is 180 Å². The second-order valence-corrected chi connectivity index (χ2v) is 8.77. The van der Waals surface area contributed by atoms with Crippen molar-refractivity contribution in [2.45, 2.75) is 17.5 Å². The molecular formula is C21H23N5O4S. The molecule has 0 aliphatic carbocycles. The first-order valence-electron chi connectivity index (χ1n) is 9.72. The first-order chi connectivity index (χ1) is 14.8. The maximum Gasteiger partial charge on any atom is 0.269 e. The van der Waals surface area contributed by atoms with Crippen molar-refractivity contribution in [3.8, 4) is 17.0 Å². The van der Waals surface area contributed by atoms with E-state index in [1.807, 2.05) is 24.3 Å². The van der Waals surface area contributed by atoms with Gasteiger partial charge in [0.25, 0.3) is 5.91 Å². The Morgan fingerprint density at radius 3 is 2.71 bits per heavy atom. The zero-order valence-electron chi connectivity index (χ0n) is 16.9. The zero-order chi connectivity index (χ0) is 22.0. The number of sulfonamides is 1. The maximum absolute atomic E-state index is 12.3. The minimum atomic E-state index is -3.70. The third kappa shape index (κ3) is 4.61. The molecule has 0 spiro atoms. The van der Waals surface area contributed by atoms with Gasteiger partial charge in [-0.2, -0.15) is 5.10 Å². The van der Waals surface area contributed by atoms with Crippen LogP contribution >= 0.6 is 0 Å². The van der Waals surface area contributed by atoms with Gasteiger partial charge in [-0.1, -0.05) is 24.3 Å². The highest BCUT2D eigenvalue weighted by atomic mass is 32.2. The van der Waals surface area contributed by atoms with Crippen LogP contribution in [-0.4, -0.2) is 44.3 Å². The lowest BCUT2D eigenvalue weighted by molar-refractivity contribution is 0.0900. The van der Waals surface area contributed by atoms with Crippen LogP contribution < -0.4 is 20.5 Å². The summed E-state index contributed by atoms with van der Waals surface area (Å²) in [7, 11) is -2.09. The summed E-state index contributed by atoms with van der Waals surface area (Å²) in [5, 5.41) is 16.1. The number of nitrogens with zero attached hydrogens (tertiary/aromatic N) is 2. The quantitative estimate of drug-likeness (QED) is 0.507. The average molecular weight is 442 g/mol. The molecule has 9 nitrogen and oxygen atoms in total. The van der Waals surface area contributed by atoms with Crippen LogP contribution in [0.2, 0.25) is 0 Å². The topological polar surface area (TPSA) is 128 Å². The first kappa shape index (κ1) is 21.0. The predicted molar refractivity (Wildman–Crippen MR) is 115 cm³/mol. The molecule has 1 amide bonds. The van der Waals surface area contributed by atoms with E-state index in [4.69, 9.17) is 9.88 Å². The highest BCUT2D eigenvalue weighted by molar-refractivity contribution is 7.89. The molecule has 2 heterocycles. The second-order valence-electron chi connectivity index (χ2n) is 7.21. The number of amides is 1. The van der Waals surface area contributed by atoms with Crippen LogP contribution in [0, 0.1) is 0 Å². The zero-order valence-corrected chi connectivity index (χ0v) is 17.7. The fourth-order valence-corrected chi connectivity index (χ4v) is 3.99. The number of nitrogens with one attached hydrogen (secondary N) is 2. The molecular weight excluding hydrogens is 418 g/mol. The van der Waals surface area contributed by atoms with Crippen molar-refractivity contribution in [3.63, 3.8) is 0 Å². The van der Waals surface area contributed by atoms with Gasteiger partial charge in [-0.25, -0.2) is 18.2 Å². The molecule has 4 rings (SSSR count). The van der Waals surface area contributed by atoms with Crippen LogP contribution in [0.3, 0.4) is 0 Å². The Balaban J connectivity index is 1.47. The Bertz CT molecular complexity index is 1200. The van der Waals surface area contributed by atoms with Crippen molar-refractivity contribution in [2.24, 2.45) is 5.14 Å². The molecule has 1 atom stereocenters. The van der Waals surface area contributed by atoms with Gasteiger partial charge in [0.1, 0.15) is 17.6 Å². The van der Waals surface area contributed by atoms with Crippen LogP contribution in [0.4, 0.5) is 0 Å².